The van der Waals surface area contributed by atoms with Crippen molar-refractivity contribution in [2.45, 2.75) is 37.9 Å². The molecule has 7 rings (SSSR count). The second-order valence-electron chi connectivity index (χ2n) is 11.6. The summed E-state index contributed by atoms with van der Waals surface area (Å²) in [5, 5.41) is 2.97. The first-order valence-corrected chi connectivity index (χ1v) is 14.7. The number of carbonyl (C=O) groups excluding carboxylic acids is 1. The number of amides is 1. The highest BCUT2D eigenvalue weighted by atomic mass is 35.5. The first-order valence-electron chi connectivity index (χ1n) is 14.3. The van der Waals surface area contributed by atoms with Crippen molar-refractivity contribution in [1.82, 2.24) is 19.8 Å². The van der Waals surface area contributed by atoms with E-state index in [1.54, 1.807) is 0 Å². The van der Waals surface area contributed by atoms with Gasteiger partial charge in [0.15, 0.2) is 0 Å². The topological polar surface area (TPSA) is 65.0 Å². The summed E-state index contributed by atoms with van der Waals surface area (Å²) in [6, 6.07) is 13.5. The molecule has 4 aliphatic heterocycles. The number of rotatable bonds is 6. The van der Waals surface area contributed by atoms with E-state index >= 15 is 0 Å². The van der Waals surface area contributed by atoms with E-state index in [0.717, 1.165) is 78.6 Å². The number of halogens is 1. The predicted octanol–water partition coefficient (Wildman–Crippen LogP) is 4.15. The Morgan fingerprint density at radius 1 is 1.12 bits per heavy atom. The first-order chi connectivity index (χ1) is 19.5. The second-order valence-corrected chi connectivity index (χ2v) is 12.0. The molecule has 1 aromatic heterocycles. The van der Waals surface area contributed by atoms with E-state index in [1.165, 1.54) is 18.1 Å². The number of ether oxygens (including phenoxy) is 1. The summed E-state index contributed by atoms with van der Waals surface area (Å²) >= 11 is 6.69. The van der Waals surface area contributed by atoms with Crippen LogP contribution in [0.4, 0.5) is 11.5 Å². The fraction of sp³-hybridized carbons (Fsp3) is 0.452. The molecule has 0 unspecified atom stereocenters. The molecule has 9 heteroatoms. The van der Waals surface area contributed by atoms with E-state index in [0.29, 0.717) is 31.1 Å². The summed E-state index contributed by atoms with van der Waals surface area (Å²) in [6.07, 6.45) is 4.58. The van der Waals surface area contributed by atoms with Crippen LogP contribution >= 0.6 is 11.6 Å². The standard InChI is InChI=1S/C31H35ClN6O2/c1-3-28(39)38-16-21-15-37(18-27(21)38)30-23-12-14-36(26-11-5-8-20-7-4-10-24(32)29(20)26)17-25(23)33-31(34-30)40-19-22-9-6-13-35(22)2/h3-5,7-8,10-11,21-22,27H,1,6,9,12-19H2,2H3/t21-,22+,27-/m1/s1. The second kappa shape index (κ2) is 10.2. The zero-order valence-electron chi connectivity index (χ0n) is 22.9. The van der Waals surface area contributed by atoms with Gasteiger partial charge in [-0.3, -0.25) is 4.79 Å². The molecule has 0 radical (unpaired) electrons. The fourth-order valence-electron chi connectivity index (χ4n) is 7.00. The van der Waals surface area contributed by atoms with Crippen LogP contribution in [0.25, 0.3) is 10.8 Å². The van der Waals surface area contributed by atoms with Gasteiger partial charge < -0.3 is 24.3 Å². The molecule has 3 atom stereocenters. The lowest BCUT2D eigenvalue weighted by Crippen LogP contribution is -2.57. The minimum atomic E-state index is 0.0157. The molecule has 3 fully saturated rings. The van der Waals surface area contributed by atoms with Crippen molar-refractivity contribution >= 4 is 39.8 Å². The van der Waals surface area contributed by atoms with E-state index in [1.807, 2.05) is 17.0 Å². The largest absolute Gasteiger partial charge is 0.462 e. The summed E-state index contributed by atoms with van der Waals surface area (Å²) in [5.74, 6) is 1.45. The van der Waals surface area contributed by atoms with Crippen molar-refractivity contribution in [3.8, 4) is 6.01 Å². The number of fused-ring (bicyclic) bond motifs is 3. The number of aromatic nitrogens is 2. The molecule has 3 saturated heterocycles. The van der Waals surface area contributed by atoms with E-state index in [-0.39, 0.29) is 11.9 Å². The van der Waals surface area contributed by atoms with E-state index < -0.39 is 0 Å². The molecular formula is C31H35ClN6O2. The Hall–Kier alpha value is -3.36. The maximum atomic E-state index is 12.3. The summed E-state index contributed by atoms with van der Waals surface area (Å²) in [5.41, 5.74) is 3.32. The Bertz CT molecular complexity index is 1470. The van der Waals surface area contributed by atoms with Gasteiger partial charge in [-0.25, -0.2) is 0 Å². The smallest absolute Gasteiger partial charge is 0.318 e. The van der Waals surface area contributed by atoms with Gasteiger partial charge in [0.25, 0.3) is 0 Å². The lowest BCUT2D eigenvalue weighted by Gasteiger charge is -2.42. The van der Waals surface area contributed by atoms with Crippen molar-refractivity contribution in [3.63, 3.8) is 0 Å². The van der Waals surface area contributed by atoms with Gasteiger partial charge in [0.05, 0.1) is 23.3 Å². The molecule has 5 heterocycles. The normalized spacial score (nSPS) is 24.1. The van der Waals surface area contributed by atoms with E-state index in [4.69, 9.17) is 26.3 Å². The SMILES string of the molecule is C=CC(=O)N1C[C@H]2CN(c3nc(OC[C@@H]4CCCN4C)nc4c3CCN(c3cccc5cccc(Cl)c35)C4)C[C@H]21. The number of anilines is 2. The molecule has 40 heavy (non-hydrogen) atoms. The van der Waals surface area contributed by atoms with Crippen LogP contribution in [0.15, 0.2) is 49.1 Å². The molecule has 208 valence electrons. The first kappa shape index (κ1) is 25.6. The van der Waals surface area contributed by atoms with Crippen molar-refractivity contribution in [3.05, 3.63) is 65.3 Å². The maximum Gasteiger partial charge on any atom is 0.318 e. The third-order valence-electron chi connectivity index (χ3n) is 9.27. The average Bonchev–Trinajstić information content (AvgIpc) is 3.53. The van der Waals surface area contributed by atoms with Crippen LogP contribution < -0.4 is 14.5 Å². The molecule has 8 nitrogen and oxygen atoms in total. The van der Waals surface area contributed by atoms with Crippen LogP contribution in [0.5, 0.6) is 6.01 Å². The Morgan fingerprint density at radius 2 is 1.98 bits per heavy atom. The van der Waals surface area contributed by atoms with Gasteiger partial charge in [-0.15, -0.1) is 0 Å². The van der Waals surface area contributed by atoms with Crippen LogP contribution in [0.2, 0.25) is 5.02 Å². The molecule has 1 amide bonds. The van der Waals surface area contributed by atoms with Crippen molar-refractivity contribution in [2.24, 2.45) is 5.92 Å². The molecule has 3 aromatic rings. The number of benzene rings is 2. The lowest BCUT2D eigenvalue weighted by atomic mass is 9.92. The molecule has 4 aliphatic rings. The summed E-state index contributed by atoms with van der Waals surface area (Å²) < 4.78 is 6.30. The summed E-state index contributed by atoms with van der Waals surface area (Å²) in [4.78, 5) is 31.3. The molecule has 0 N–H and O–H groups in total. The van der Waals surface area contributed by atoms with Gasteiger partial charge in [-0.2, -0.15) is 9.97 Å². The number of hydrogen-bond donors (Lipinski definition) is 0. The third-order valence-corrected chi connectivity index (χ3v) is 9.58. The quantitative estimate of drug-likeness (QED) is 0.421. The van der Waals surface area contributed by atoms with Crippen LogP contribution in [-0.4, -0.2) is 84.1 Å². The number of nitrogens with zero attached hydrogens (tertiary/aromatic N) is 6. The highest BCUT2D eigenvalue weighted by molar-refractivity contribution is 6.36. The van der Waals surface area contributed by atoms with Crippen LogP contribution in [0.1, 0.15) is 24.1 Å². The van der Waals surface area contributed by atoms with Gasteiger partial charge >= 0.3 is 6.01 Å². The number of likely N-dealkylation sites (N-methyl/N-ethyl adjacent to an activating group) is 1. The zero-order chi connectivity index (χ0) is 27.4. The monoisotopic (exact) mass is 558 g/mol. The van der Waals surface area contributed by atoms with Crippen LogP contribution in [-0.2, 0) is 17.8 Å². The number of hydrogen-bond acceptors (Lipinski definition) is 7. The minimum absolute atomic E-state index is 0.0157. The maximum absolute atomic E-state index is 12.3. The van der Waals surface area contributed by atoms with Gasteiger partial charge in [0.2, 0.25) is 5.91 Å². The van der Waals surface area contributed by atoms with Crippen LogP contribution in [0.3, 0.4) is 0 Å². The molecule has 0 aliphatic carbocycles. The minimum Gasteiger partial charge on any atom is -0.462 e. The van der Waals surface area contributed by atoms with Gasteiger partial charge in [0, 0.05) is 54.8 Å². The van der Waals surface area contributed by atoms with Crippen molar-refractivity contribution in [1.29, 1.82) is 0 Å². The highest BCUT2D eigenvalue weighted by Crippen LogP contribution is 2.40. The molecule has 0 bridgehead atoms. The Kier molecular flexibility index (Phi) is 6.55. The van der Waals surface area contributed by atoms with Crippen molar-refractivity contribution < 1.29 is 9.53 Å². The van der Waals surface area contributed by atoms with Gasteiger partial charge in [0.1, 0.15) is 12.4 Å². The number of carbonyl (C=O) groups is 1. The average molecular weight is 559 g/mol. The third kappa shape index (κ3) is 4.38. The Balaban J connectivity index is 1.21. The van der Waals surface area contributed by atoms with E-state index in [9.17, 15) is 4.79 Å². The molecule has 0 spiro atoms. The summed E-state index contributed by atoms with van der Waals surface area (Å²) in [6.45, 7) is 9.34. The molecule has 2 aromatic carbocycles. The van der Waals surface area contributed by atoms with Gasteiger partial charge in [-0.05, 0) is 56.4 Å². The predicted molar refractivity (Wildman–Crippen MR) is 158 cm³/mol. The van der Waals surface area contributed by atoms with Crippen molar-refractivity contribution in [2.75, 3.05) is 56.2 Å². The molecular weight excluding hydrogens is 524 g/mol. The van der Waals surface area contributed by atoms with Crippen LogP contribution in [0, 0.1) is 5.92 Å². The molecule has 0 saturated carbocycles. The Labute approximate surface area is 240 Å². The van der Waals surface area contributed by atoms with Gasteiger partial charge in [-0.1, -0.05) is 42.4 Å². The number of likely N-dealkylation sites (tertiary alicyclic amines) is 2. The Morgan fingerprint density at radius 3 is 2.77 bits per heavy atom. The summed E-state index contributed by atoms with van der Waals surface area (Å²) in [7, 11) is 2.16. The lowest BCUT2D eigenvalue weighted by molar-refractivity contribution is -0.135. The van der Waals surface area contributed by atoms with E-state index in [2.05, 4.69) is 52.6 Å². The highest BCUT2D eigenvalue weighted by Gasteiger charge is 2.48. The fourth-order valence-corrected chi connectivity index (χ4v) is 7.28. The zero-order valence-corrected chi connectivity index (χ0v) is 23.7.